The van der Waals surface area contributed by atoms with Crippen LogP contribution in [0.2, 0.25) is 0 Å². The Kier molecular flexibility index (Phi) is 6.93. The van der Waals surface area contributed by atoms with Crippen LogP contribution in [0.3, 0.4) is 0 Å². The van der Waals surface area contributed by atoms with Crippen LogP contribution in [-0.4, -0.2) is 71.0 Å². The number of likely N-dealkylation sites (tertiary alicyclic amines) is 1. The number of hydrogen-bond donors (Lipinski definition) is 1. The molecule has 3 heterocycles. The van der Waals surface area contributed by atoms with Gasteiger partial charge in [-0.05, 0) is 55.9 Å². The molecule has 2 aromatic rings. The second-order valence-corrected chi connectivity index (χ2v) is 8.02. The average molecular weight is 452 g/mol. The van der Waals surface area contributed by atoms with Crippen molar-refractivity contribution >= 4 is 17.4 Å². The summed E-state index contributed by atoms with van der Waals surface area (Å²) in [6.07, 6.45) is 3.98. The summed E-state index contributed by atoms with van der Waals surface area (Å²) in [5.41, 5.74) is 1.14. The molecule has 1 fully saturated rings. The molecule has 4 rings (SSSR count). The molecular weight excluding hydrogens is 422 g/mol. The molecule has 1 amide bonds. The first kappa shape index (κ1) is 22.8. The summed E-state index contributed by atoms with van der Waals surface area (Å²) >= 11 is 0. The Hall–Kier alpha value is -3.39. The zero-order valence-corrected chi connectivity index (χ0v) is 19.0. The molecule has 8 heteroatoms. The number of ketones is 1. The van der Waals surface area contributed by atoms with E-state index >= 15 is 0 Å². The lowest BCUT2D eigenvalue weighted by Crippen LogP contribution is -2.33. The van der Waals surface area contributed by atoms with Gasteiger partial charge < -0.3 is 24.4 Å². The lowest BCUT2D eigenvalue weighted by Gasteiger charge is -2.26. The second kappa shape index (κ2) is 10.0. The summed E-state index contributed by atoms with van der Waals surface area (Å²) in [6.45, 7) is 8.12. The van der Waals surface area contributed by atoms with Crippen LogP contribution in [0.15, 0.2) is 48.3 Å². The van der Waals surface area contributed by atoms with Gasteiger partial charge in [-0.2, -0.15) is 0 Å². The quantitative estimate of drug-likeness (QED) is 0.375. The monoisotopic (exact) mass is 451 g/mol. The number of benzene rings is 1. The maximum absolute atomic E-state index is 13.1. The van der Waals surface area contributed by atoms with E-state index in [-0.39, 0.29) is 11.3 Å². The van der Waals surface area contributed by atoms with Crippen LogP contribution in [0.5, 0.6) is 11.5 Å². The maximum Gasteiger partial charge on any atom is 0.295 e. The van der Waals surface area contributed by atoms with Crippen molar-refractivity contribution in [3.63, 3.8) is 0 Å². The molecule has 1 atom stereocenters. The molecule has 0 aliphatic carbocycles. The van der Waals surface area contributed by atoms with Crippen LogP contribution < -0.4 is 9.47 Å². The van der Waals surface area contributed by atoms with Gasteiger partial charge in [0.2, 0.25) is 0 Å². The maximum atomic E-state index is 13.1. The molecule has 1 aromatic carbocycles. The predicted octanol–water partition coefficient (Wildman–Crippen LogP) is 3.01. The van der Waals surface area contributed by atoms with E-state index < -0.39 is 17.7 Å². The Balaban J connectivity index is 1.71. The number of aromatic nitrogens is 1. The van der Waals surface area contributed by atoms with Gasteiger partial charge in [0.1, 0.15) is 19.0 Å². The molecule has 1 aromatic heterocycles. The average Bonchev–Trinajstić information content (AvgIpc) is 3.11. The van der Waals surface area contributed by atoms with Crippen molar-refractivity contribution in [2.75, 3.05) is 39.4 Å². The van der Waals surface area contributed by atoms with E-state index in [1.807, 2.05) is 6.07 Å². The fourth-order valence-electron chi connectivity index (χ4n) is 4.35. The predicted molar refractivity (Wildman–Crippen MR) is 123 cm³/mol. The smallest absolute Gasteiger partial charge is 0.295 e. The van der Waals surface area contributed by atoms with Gasteiger partial charge in [-0.3, -0.25) is 14.6 Å². The molecule has 0 bridgehead atoms. The van der Waals surface area contributed by atoms with E-state index in [2.05, 4.69) is 23.7 Å². The molecule has 2 aliphatic rings. The van der Waals surface area contributed by atoms with Gasteiger partial charge in [-0.1, -0.05) is 19.9 Å². The minimum atomic E-state index is -0.705. The van der Waals surface area contributed by atoms with Gasteiger partial charge >= 0.3 is 0 Å². The number of pyridine rings is 1. The fraction of sp³-hybridized carbons (Fsp3) is 0.400. The summed E-state index contributed by atoms with van der Waals surface area (Å²) in [5, 5.41) is 11.2. The van der Waals surface area contributed by atoms with Gasteiger partial charge in [-0.15, -0.1) is 0 Å². The molecule has 33 heavy (non-hydrogen) atoms. The molecule has 1 N–H and O–H groups in total. The van der Waals surface area contributed by atoms with E-state index in [0.717, 1.165) is 26.1 Å². The number of fused-ring (bicyclic) bond motifs is 1. The van der Waals surface area contributed by atoms with E-state index in [9.17, 15) is 14.7 Å². The Labute approximate surface area is 193 Å². The van der Waals surface area contributed by atoms with Crippen LogP contribution in [0.1, 0.15) is 37.4 Å². The summed E-state index contributed by atoms with van der Waals surface area (Å²) in [6, 6.07) is 7.87. The molecule has 0 saturated carbocycles. The van der Waals surface area contributed by atoms with E-state index in [4.69, 9.17) is 9.47 Å². The van der Waals surface area contributed by atoms with Gasteiger partial charge in [0, 0.05) is 24.5 Å². The zero-order valence-electron chi connectivity index (χ0n) is 19.0. The largest absolute Gasteiger partial charge is 0.507 e. The minimum Gasteiger partial charge on any atom is -0.507 e. The molecule has 8 nitrogen and oxygen atoms in total. The second-order valence-electron chi connectivity index (χ2n) is 8.02. The Bertz CT molecular complexity index is 1050. The Morgan fingerprint density at radius 3 is 2.61 bits per heavy atom. The highest BCUT2D eigenvalue weighted by Crippen LogP contribution is 2.40. The number of carbonyl (C=O) groups is 2. The highest BCUT2D eigenvalue weighted by molar-refractivity contribution is 6.46. The lowest BCUT2D eigenvalue weighted by molar-refractivity contribution is -0.140. The van der Waals surface area contributed by atoms with Crippen LogP contribution in [0.4, 0.5) is 0 Å². The first-order chi connectivity index (χ1) is 16.0. The van der Waals surface area contributed by atoms with Gasteiger partial charge in [0.05, 0.1) is 11.6 Å². The Morgan fingerprint density at radius 1 is 1.15 bits per heavy atom. The van der Waals surface area contributed by atoms with Crippen molar-refractivity contribution in [1.82, 2.24) is 14.8 Å². The minimum absolute atomic E-state index is 0.0625. The molecular formula is C25H29N3O5. The third-order valence-electron chi connectivity index (χ3n) is 6.12. The van der Waals surface area contributed by atoms with Crippen molar-refractivity contribution in [2.24, 2.45) is 0 Å². The third-order valence-corrected chi connectivity index (χ3v) is 6.12. The number of carbonyl (C=O) groups excluding carboxylic acids is 2. The SMILES string of the molecule is CCN(CC)CCCN1C(=O)C(=O)C(=C(O)c2ccc3c(c2)OCCO3)C1c1cccnc1. The van der Waals surface area contributed by atoms with Crippen molar-refractivity contribution in [1.29, 1.82) is 0 Å². The number of amides is 1. The van der Waals surface area contributed by atoms with E-state index in [0.29, 0.717) is 42.4 Å². The van der Waals surface area contributed by atoms with Crippen LogP contribution >= 0.6 is 0 Å². The number of Topliss-reactive ketones (excluding diaryl/α,β-unsaturated/α-hetero) is 1. The normalized spacial score (nSPS) is 19.4. The van der Waals surface area contributed by atoms with Gasteiger partial charge in [-0.25, -0.2) is 0 Å². The zero-order chi connectivity index (χ0) is 23.4. The number of hydrogen-bond acceptors (Lipinski definition) is 7. The number of aliphatic hydroxyl groups is 1. The molecule has 2 aliphatic heterocycles. The van der Waals surface area contributed by atoms with Crippen LogP contribution in [0.25, 0.3) is 5.76 Å². The fourth-order valence-corrected chi connectivity index (χ4v) is 4.35. The molecule has 1 saturated heterocycles. The summed E-state index contributed by atoms with van der Waals surface area (Å²) in [7, 11) is 0. The lowest BCUT2D eigenvalue weighted by atomic mass is 9.96. The van der Waals surface area contributed by atoms with Gasteiger partial charge in [0.25, 0.3) is 11.7 Å². The topological polar surface area (TPSA) is 92.2 Å². The number of aliphatic hydroxyl groups excluding tert-OH is 1. The van der Waals surface area contributed by atoms with Crippen molar-refractivity contribution in [3.05, 3.63) is 59.4 Å². The standard InChI is InChI=1S/C25H29N3O5/c1-3-27(4-2)11-6-12-28-22(18-7-5-10-26-16-18)21(24(30)25(28)31)23(29)17-8-9-19-20(15-17)33-14-13-32-19/h5,7-10,15-16,22,29H,3-4,6,11-14H2,1-2H3. The van der Waals surface area contributed by atoms with Crippen molar-refractivity contribution in [3.8, 4) is 11.5 Å². The Morgan fingerprint density at radius 2 is 1.91 bits per heavy atom. The van der Waals surface area contributed by atoms with Crippen molar-refractivity contribution in [2.45, 2.75) is 26.3 Å². The highest BCUT2D eigenvalue weighted by atomic mass is 16.6. The van der Waals surface area contributed by atoms with Crippen LogP contribution in [-0.2, 0) is 9.59 Å². The molecule has 174 valence electrons. The molecule has 0 spiro atoms. The first-order valence-corrected chi connectivity index (χ1v) is 11.4. The third kappa shape index (κ3) is 4.57. The van der Waals surface area contributed by atoms with E-state index in [1.165, 1.54) is 0 Å². The molecule has 0 radical (unpaired) electrons. The highest BCUT2D eigenvalue weighted by Gasteiger charge is 2.46. The summed E-state index contributed by atoms with van der Waals surface area (Å²) in [5.74, 6) is -0.456. The van der Waals surface area contributed by atoms with Gasteiger partial charge in [0.15, 0.2) is 11.5 Å². The summed E-state index contributed by atoms with van der Waals surface area (Å²) in [4.78, 5) is 34.1. The van der Waals surface area contributed by atoms with E-state index in [1.54, 1.807) is 41.6 Å². The first-order valence-electron chi connectivity index (χ1n) is 11.4. The number of ether oxygens (including phenoxy) is 2. The number of rotatable bonds is 8. The molecule has 1 unspecified atom stereocenters. The number of nitrogens with zero attached hydrogens (tertiary/aromatic N) is 3. The summed E-state index contributed by atoms with van der Waals surface area (Å²) < 4.78 is 11.2. The van der Waals surface area contributed by atoms with Crippen molar-refractivity contribution < 1.29 is 24.2 Å². The van der Waals surface area contributed by atoms with Crippen LogP contribution in [0, 0.1) is 0 Å².